The Kier molecular flexibility index (Phi) is 4.43. The summed E-state index contributed by atoms with van der Waals surface area (Å²) in [6.07, 6.45) is 8.92. The van der Waals surface area contributed by atoms with Crippen LogP contribution in [0.5, 0.6) is 0 Å². The highest BCUT2D eigenvalue weighted by molar-refractivity contribution is 9.10. The van der Waals surface area contributed by atoms with Gasteiger partial charge in [-0.25, -0.2) is 9.97 Å². The fourth-order valence-corrected chi connectivity index (χ4v) is 4.35. The molecule has 1 aromatic carbocycles. The normalized spacial score (nSPS) is 16.5. The average molecular weight is 467 g/mol. The van der Waals surface area contributed by atoms with Crippen LogP contribution >= 0.6 is 15.9 Å². The summed E-state index contributed by atoms with van der Waals surface area (Å²) in [6, 6.07) is 5.75. The highest BCUT2D eigenvalue weighted by Gasteiger charge is 2.51. The first-order chi connectivity index (χ1) is 14.4. The Labute approximate surface area is 181 Å². The molecule has 0 saturated heterocycles. The minimum Gasteiger partial charge on any atom is -0.328 e. The van der Waals surface area contributed by atoms with Crippen molar-refractivity contribution in [2.45, 2.75) is 18.3 Å². The molecular formula is C21H19BrN6O2. The summed E-state index contributed by atoms with van der Waals surface area (Å²) in [5, 5.41) is 6.82. The van der Waals surface area contributed by atoms with Gasteiger partial charge in [0.25, 0.3) is 5.91 Å². The zero-order chi connectivity index (χ0) is 20.9. The molecule has 30 heavy (non-hydrogen) atoms. The van der Waals surface area contributed by atoms with Crippen LogP contribution in [0, 0.1) is 0 Å². The van der Waals surface area contributed by atoms with E-state index in [-0.39, 0.29) is 29.7 Å². The molecule has 1 aliphatic carbocycles. The fourth-order valence-electron chi connectivity index (χ4n) is 3.99. The Morgan fingerprint density at radius 3 is 2.63 bits per heavy atom. The van der Waals surface area contributed by atoms with Gasteiger partial charge in [-0.05, 0) is 36.6 Å². The van der Waals surface area contributed by atoms with Gasteiger partial charge in [-0.3, -0.25) is 19.6 Å². The lowest BCUT2D eigenvalue weighted by Crippen LogP contribution is -2.46. The van der Waals surface area contributed by atoms with Crippen molar-refractivity contribution in [2.24, 2.45) is 7.05 Å². The number of halogens is 1. The number of anilines is 1. The molecule has 1 N–H and O–H groups in total. The zero-order valence-electron chi connectivity index (χ0n) is 16.3. The summed E-state index contributed by atoms with van der Waals surface area (Å²) in [5.74, 6) is -0.213. The van der Waals surface area contributed by atoms with Crippen LogP contribution < -0.4 is 5.32 Å². The minimum atomic E-state index is -0.311. The van der Waals surface area contributed by atoms with E-state index >= 15 is 0 Å². The summed E-state index contributed by atoms with van der Waals surface area (Å²) in [7, 11) is 1.84. The summed E-state index contributed by atoms with van der Waals surface area (Å²) >= 11 is 3.50. The van der Waals surface area contributed by atoms with Gasteiger partial charge in [0, 0.05) is 58.8 Å². The number of nitrogens with zero attached hydrogens (tertiary/aromatic N) is 5. The number of hydrogen-bond donors (Lipinski definition) is 1. The number of carbonyl (C=O) groups excluding carboxylic acids is 2. The second kappa shape index (κ2) is 7.02. The highest BCUT2D eigenvalue weighted by Crippen LogP contribution is 2.52. The third-order valence-corrected chi connectivity index (χ3v) is 6.19. The van der Waals surface area contributed by atoms with Gasteiger partial charge in [0.05, 0.1) is 6.20 Å². The molecule has 1 saturated carbocycles. The van der Waals surface area contributed by atoms with Gasteiger partial charge < -0.3 is 4.90 Å². The maximum Gasteiger partial charge on any atom is 0.254 e. The topological polar surface area (TPSA) is 93.0 Å². The van der Waals surface area contributed by atoms with E-state index in [2.05, 4.69) is 36.3 Å². The molecule has 0 radical (unpaired) electrons. The number of hydrogen-bond acceptors (Lipinski definition) is 5. The average Bonchev–Trinajstić information content (AvgIpc) is 3.37. The maximum absolute atomic E-state index is 12.9. The number of nitrogens with one attached hydrogen (secondary N) is 1. The predicted molar refractivity (Wildman–Crippen MR) is 114 cm³/mol. The van der Waals surface area contributed by atoms with E-state index in [1.165, 1.54) is 0 Å². The van der Waals surface area contributed by atoms with Gasteiger partial charge in [0.1, 0.15) is 6.54 Å². The van der Waals surface area contributed by atoms with Gasteiger partial charge >= 0.3 is 0 Å². The van der Waals surface area contributed by atoms with Crippen molar-refractivity contribution in [1.29, 1.82) is 0 Å². The smallest absolute Gasteiger partial charge is 0.254 e. The molecule has 152 valence electrons. The number of fused-ring (bicyclic) bond motifs is 2. The van der Waals surface area contributed by atoms with Crippen LogP contribution in [0.4, 0.5) is 5.95 Å². The number of rotatable bonds is 4. The molecule has 0 unspecified atom stereocenters. The van der Waals surface area contributed by atoms with E-state index in [9.17, 15) is 9.59 Å². The molecule has 0 bridgehead atoms. The van der Waals surface area contributed by atoms with Gasteiger partial charge in [-0.2, -0.15) is 5.10 Å². The number of amides is 2. The molecule has 3 aromatic rings. The van der Waals surface area contributed by atoms with Crippen molar-refractivity contribution in [3.05, 3.63) is 58.6 Å². The van der Waals surface area contributed by atoms with Crippen LogP contribution in [0.3, 0.4) is 0 Å². The van der Waals surface area contributed by atoms with Crippen molar-refractivity contribution in [2.75, 3.05) is 18.4 Å². The molecule has 1 spiro atoms. The van der Waals surface area contributed by atoms with Crippen molar-refractivity contribution in [1.82, 2.24) is 24.6 Å². The molecule has 3 heterocycles. The zero-order valence-corrected chi connectivity index (χ0v) is 17.9. The summed E-state index contributed by atoms with van der Waals surface area (Å²) in [4.78, 5) is 35.6. The Hall–Kier alpha value is -3.07. The molecular weight excluding hydrogens is 448 g/mol. The molecule has 1 fully saturated rings. The quantitative estimate of drug-likeness (QED) is 0.637. The van der Waals surface area contributed by atoms with Crippen LogP contribution in [0.1, 0.15) is 28.8 Å². The van der Waals surface area contributed by atoms with E-state index < -0.39 is 0 Å². The van der Waals surface area contributed by atoms with Crippen LogP contribution in [0.15, 0.2) is 47.5 Å². The molecule has 9 heteroatoms. The van der Waals surface area contributed by atoms with Gasteiger partial charge in [-0.1, -0.05) is 15.9 Å². The Morgan fingerprint density at radius 1 is 1.20 bits per heavy atom. The lowest BCUT2D eigenvalue weighted by molar-refractivity contribution is -0.117. The second-order valence-electron chi connectivity index (χ2n) is 7.88. The fraction of sp³-hybridized carbons (Fsp3) is 0.286. The van der Waals surface area contributed by atoms with Crippen LogP contribution in [-0.4, -0.2) is 49.6 Å². The van der Waals surface area contributed by atoms with Crippen molar-refractivity contribution in [3.8, 4) is 11.1 Å². The largest absolute Gasteiger partial charge is 0.328 e. The SMILES string of the molecule is Cn1cc(-c2cnc(NC(=O)CN3CC4(CC4)c4cc(Br)ccc4C3=O)nc2)cn1. The van der Waals surface area contributed by atoms with Crippen LogP contribution in [0.25, 0.3) is 11.1 Å². The van der Waals surface area contributed by atoms with Crippen molar-refractivity contribution >= 4 is 33.7 Å². The second-order valence-corrected chi connectivity index (χ2v) is 8.79. The van der Waals surface area contributed by atoms with E-state index in [4.69, 9.17) is 0 Å². The minimum absolute atomic E-state index is 0.0187. The number of aromatic nitrogens is 4. The predicted octanol–water partition coefficient (Wildman–Crippen LogP) is 2.77. The summed E-state index contributed by atoms with van der Waals surface area (Å²) in [6.45, 7) is 0.535. The summed E-state index contributed by atoms with van der Waals surface area (Å²) in [5.41, 5.74) is 3.47. The van der Waals surface area contributed by atoms with Crippen LogP contribution in [0.2, 0.25) is 0 Å². The third kappa shape index (κ3) is 3.39. The molecule has 2 amide bonds. The number of aryl methyl sites for hydroxylation is 1. The van der Waals surface area contributed by atoms with E-state index in [0.29, 0.717) is 12.1 Å². The van der Waals surface area contributed by atoms with Crippen molar-refractivity contribution < 1.29 is 9.59 Å². The molecule has 5 rings (SSSR count). The lowest BCUT2D eigenvalue weighted by atomic mass is 9.86. The number of benzene rings is 1. The number of carbonyl (C=O) groups is 2. The first-order valence-electron chi connectivity index (χ1n) is 9.64. The van der Waals surface area contributed by atoms with Gasteiger partial charge in [0.15, 0.2) is 0 Å². The first-order valence-corrected chi connectivity index (χ1v) is 10.4. The molecule has 8 nitrogen and oxygen atoms in total. The summed E-state index contributed by atoms with van der Waals surface area (Å²) < 4.78 is 2.67. The third-order valence-electron chi connectivity index (χ3n) is 5.69. The highest BCUT2D eigenvalue weighted by atomic mass is 79.9. The standard InChI is InChI=1S/C21H19BrN6O2/c1-27-10-14(9-25-27)13-7-23-20(24-8-13)26-18(29)11-28-12-21(4-5-21)17-6-15(22)2-3-16(17)19(28)30/h2-3,6-10H,4-5,11-12H2,1H3,(H,23,24,26,29). The van der Waals surface area contributed by atoms with E-state index in [1.54, 1.807) is 28.2 Å². The molecule has 1 aliphatic heterocycles. The maximum atomic E-state index is 12.9. The lowest BCUT2D eigenvalue weighted by Gasteiger charge is -2.34. The van der Waals surface area contributed by atoms with Gasteiger partial charge in [0.2, 0.25) is 11.9 Å². The molecule has 0 atom stereocenters. The molecule has 2 aliphatic rings. The van der Waals surface area contributed by atoms with Gasteiger partial charge in [-0.15, -0.1) is 0 Å². The van der Waals surface area contributed by atoms with E-state index in [1.807, 2.05) is 31.4 Å². The Bertz CT molecular complexity index is 1150. The van der Waals surface area contributed by atoms with Crippen LogP contribution in [-0.2, 0) is 17.3 Å². The first kappa shape index (κ1) is 18.9. The monoisotopic (exact) mass is 466 g/mol. The Balaban J connectivity index is 1.28. The molecule has 2 aromatic heterocycles. The Morgan fingerprint density at radius 2 is 1.97 bits per heavy atom. The van der Waals surface area contributed by atoms with Crippen molar-refractivity contribution in [3.63, 3.8) is 0 Å². The van der Waals surface area contributed by atoms with E-state index in [0.717, 1.165) is 34.0 Å².